The number of nitrogens with zero attached hydrogens (tertiary/aromatic N) is 1. The van der Waals surface area contributed by atoms with Crippen LogP contribution in [0, 0.1) is 5.82 Å². The van der Waals surface area contributed by atoms with Gasteiger partial charge in [-0.1, -0.05) is 19.1 Å². The summed E-state index contributed by atoms with van der Waals surface area (Å²) in [4.78, 5) is 4.17. The first-order valence-electron chi connectivity index (χ1n) is 7.15. The minimum absolute atomic E-state index is 0.0896. The quantitative estimate of drug-likeness (QED) is 0.871. The number of hydrogen-bond donors (Lipinski definition) is 1. The monoisotopic (exact) mass is 288 g/mol. The lowest BCUT2D eigenvalue weighted by Crippen LogP contribution is -2.25. The molecule has 2 unspecified atom stereocenters. The smallest absolute Gasteiger partial charge is 0.141 e. The molecule has 2 atom stereocenters. The Hall–Kier alpha value is -1.94. The topological polar surface area (TPSA) is 34.1 Å². The molecule has 2 aromatic rings. The molecule has 0 aliphatic heterocycles. The number of aromatic nitrogens is 1. The summed E-state index contributed by atoms with van der Waals surface area (Å²) in [6.45, 7) is 4.18. The van der Waals surface area contributed by atoms with E-state index in [1.165, 1.54) is 12.3 Å². The van der Waals surface area contributed by atoms with E-state index in [-0.39, 0.29) is 17.9 Å². The van der Waals surface area contributed by atoms with Gasteiger partial charge in [-0.05, 0) is 43.2 Å². The van der Waals surface area contributed by atoms with E-state index in [1.807, 2.05) is 18.2 Å². The number of benzene rings is 1. The summed E-state index contributed by atoms with van der Waals surface area (Å²) in [5.41, 5.74) is 2.00. The molecule has 0 saturated carbocycles. The van der Waals surface area contributed by atoms with Crippen LogP contribution in [0.4, 0.5) is 4.39 Å². The molecule has 0 amide bonds. The fraction of sp³-hybridized carbons (Fsp3) is 0.353. The van der Waals surface area contributed by atoms with Crippen molar-refractivity contribution in [1.82, 2.24) is 10.3 Å². The van der Waals surface area contributed by atoms with Gasteiger partial charge in [-0.15, -0.1) is 0 Å². The molecule has 0 fully saturated rings. The van der Waals surface area contributed by atoms with Crippen LogP contribution in [-0.2, 0) is 0 Å². The predicted molar refractivity (Wildman–Crippen MR) is 81.8 cm³/mol. The number of methoxy groups -OCH3 is 1. The number of nitrogens with one attached hydrogen (secondary N) is 1. The van der Waals surface area contributed by atoms with Crippen LogP contribution in [0.2, 0.25) is 0 Å². The van der Waals surface area contributed by atoms with Gasteiger partial charge < -0.3 is 10.1 Å². The van der Waals surface area contributed by atoms with Crippen LogP contribution in [0.15, 0.2) is 42.6 Å². The highest BCUT2D eigenvalue weighted by molar-refractivity contribution is 5.30. The fourth-order valence-corrected chi connectivity index (χ4v) is 2.31. The van der Waals surface area contributed by atoms with E-state index in [0.29, 0.717) is 0 Å². The van der Waals surface area contributed by atoms with Gasteiger partial charge in [0, 0.05) is 12.1 Å². The fourth-order valence-electron chi connectivity index (χ4n) is 2.31. The maximum atomic E-state index is 13.0. The number of halogens is 1. The summed E-state index contributed by atoms with van der Waals surface area (Å²) >= 11 is 0. The highest BCUT2D eigenvalue weighted by Crippen LogP contribution is 2.23. The van der Waals surface area contributed by atoms with Crippen LogP contribution in [0.1, 0.15) is 43.6 Å². The zero-order chi connectivity index (χ0) is 15.2. The first-order valence-corrected chi connectivity index (χ1v) is 7.15. The van der Waals surface area contributed by atoms with Crippen molar-refractivity contribution >= 4 is 0 Å². The minimum atomic E-state index is -0.311. The van der Waals surface area contributed by atoms with E-state index in [0.717, 1.165) is 23.4 Å². The molecule has 1 aromatic heterocycles. The van der Waals surface area contributed by atoms with Crippen LogP contribution in [0.25, 0.3) is 0 Å². The standard InChI is InChI=1S/C17H21FN2O/c1-4-16(17-9-8-14(18)11-19-17)20-12(2)13-6-5-7-15(10-13)21-3/h5-12,16,20H,4H2,1-3H3. The predicted octanol–water partition coefficient (Wildman–Crippen LogP) is 4.03. The number of rotatable bonds is 6. The van der Waals surface area contributed by atoms with E-state index < -0.39 is 0 Å². The third-order valence-corrected chi connectivity index (χ3v) is 3.56. The molecule has 0 bridgehead atoms. The zero-order valence-corrected chi connectivity index (χ0v) is 12.6. The van der Waals surface area contributed by atoms with Crippen molar-refractivity contribution in [3.63, 3.8) is 0 Å². The molecule has 1 heterocycles. The normalized spacial score (nSPS) is 13.7. The molecule has 21 heavy (non-hydrogen) atoms. The van der Waals surface area contributed by atoms with Gasteiger partial charge in [-0.25, -0.2) is 4.39 Å². The highest BCUT2D eigenvalue weighted by atomic mass is 19.1. The average molecular weight is 288 g/mol. The molecule has 112 valence electrons. The molecule has 0 spiro atoms. The molecule has 0 saturated heterocycles. The molecule has 0 aliphatic carbocycles. The first kappa shape index (κ1) is 15.4. The van der Waals surface area contributed by atoms with Crippen molar-refractivity contribution in [3.8, 4) is 5.75 Å². The summed E-state index contributed by atoms with van der Waals surface area (Å²) < 4.78 is 18.2. The molecule has 3 nitrogen and oxygen atoms in total. The molecular weight excluding hydrogens is 267 g/mol. The van der Waals surface area contributed by atoms with Gasteiger partial charge in [-0.2, -0.15) is 0 Å². The van der Waals surface area contributed by atoms with Gasteiger partial charge in [0.25, 0.3) is 0 Å². The number of ether oxygens (including phenoxy) is 1. The Morgan fingerprint density at radius 2 is 2.10 bits per heavy atom. The summed E-state index contributed by atoms with van der Waals surface area (Å²) in [7, 11) is 1.66. The van der Waals surface area contributed by atoms with E-state index in [9.17, 15) is 4.39 Å². The van der Waals surface area contributed by atoms with Gasteiger partial charge >= 0.3 is 0 Å². The van der Waals surface area contributed by atoms with Crippen molar-refractivity contribution < 1.29 is 9.13 Å². The van der Waals surface area contributed by atoms with Crippen LogP contribution < -0.4 is 10.1 Å². The lowest BCUT2D eigenvalue weighted by molar-refractivity contribution is 0.410. The van der Waals surface area contributed by atoms with Crippen LogP contribution in [-0.4, -0.2) is 12.1 Å². The Labute approximate surface area is 125 Å². The number of hydrogen-bond acceptors (Lipinski definition) is 3. The zero-order valence-electron chi connectivity index (χ0n) is 12.6. The molecule has 4 heteroatoms. The van der Waals surface area contributed by atoms with Gasteiger partial charge in [0.05, 0.1) is 19.0 Å². The van der Waals surface area contributed by atoms with Crippen molar-refractivity contribution in [2.45, 2.75) is 32.4 Å². The second kappa shape index (κ2) is 7.18. The third kappa shape index (κ3) is 4.02. The largest absolute Gasteiger partial charge is 0.497 e. The molecule has 1 aromatic carbocycles. The lowest BCUT2D eigenvalue weighted by atomic mass is 10.0. The Balaban J connectivity index is 2.11. The Morgan fingerprint density at radius 1 is 1.29 bits per heavy atom. The summed E-state index contributed by atoms with van der Waals surface area (Å²) in [6, 6.07) is 11.4. The lowest BCUT2D eigenvalue weighted by Gasteiger charge is -2.22. The van der Waals surface area contributed by atoms with E-state index in [1.54, 1.807) is 13.2 Å². The Morgan fingerprint density at radius 3 is 2.71 bits per heavy atom. The van der Waals surface area contributed by atoms with E-state index in [4.69, 9.17) is 4.74 Å². The minimum Gasteiger partial charge on any atom is -0.497 e. The van der Waals surface area contributed by atoms with E-state index >= 15 is 0 Å². The highest BCUT2D eigenvalue weighted by Gasteiger charge is 2.15. The Kier molecular flexibility index (Phi) is 5.28. The van der Waals surface area contributed by atoms with Crippen LogP contribution >= 0.6 is 0 Å². The molecular formula is C17H21FN2O. The molecule has 0 aliphatic rings. The Bertz CT molecular complexity index is 571. The third-order valence-electron chi connectivity index (χ3n) is 3.56. The molecule has 0 radical (unpaired) electrons. The van der Waals surface area contributed by atoms with E-state index in [2.05, 4.69) is 30.2 Å². The van der Waals surface area contributed by atoms with Crippen molar-refractivity contribution in [2.24, 2.45) is 0 Å². The van der Waals surface area contributed by atoms with Crippen LogP contribution in [0.3, 0.4) is 0 Å². The number of pyridine rings is 1. The molecule has 2 rings (SSSR count). The van der Waals surface area contributed by atoms with Gasteiger partial charge in [0.1, 0.15) is 11.6 Å². The van der Waals surface area contributed by atoms with Gasteiger partial charge in [-0.3, -0.25) is 4.98 Å². The summed E-state index contributed by atoms with van der Waals surface area (Å²) in [6.07, 6.45) is 2.14. The molecule has 1 N–H and O–H groups in total. The van der Waals surface area contributed by atoms with Crippen molar-refractivity contribution in [3.05, 3.63) is 59.7 Å². The second-order valence-electron chi connectivity index (χ2n) is 5.03. The first-order chi connectivity index (χ1) is 10.1. The van der Waals surface area contributed by atoms with Crippen LogP contribution in [0.5, 0.6) is 5.75 Å². The summed E-state index contributed by atoms with van der Waals surface area (Å²) in [5.74, 6) is 0.531. The maximum absolute atomic E-state index is 13.0. The van der Waals surface area contributed by atoms with Gasteiger partial charge in [0.2, 0.25) is 0 Å². The SMILES string of the molecule is CCC(NC(C)c1cccc(OC)c1)c1ccc(F)cn1. The summed E-state index contributed by atoms with van der Waals surface area (Å²) in [5, 5.41) is 3.53. The van der Waals surface area contributed by atoms with Gasteiger partial charge in [0.15, 0.2) is 0 Å². The van der Waals surface area contributed by atoms with Crippen molar-refractivity contribution in [1.29, 1.82) is 0 Å². The van der Waals surface area contributed by atoms with Crippen molar-refractivity contribution in [2.75, 3.05) is 7.11 Å². The maximum Gasteiger partial charge on any atom is 0.141 e. The second-order valence-corrected chi connectivity index (χ2v) is 5.03. The average Bonchev–Trinajstić information content (AvgIpc) is 2.53.